The number of aliphatic carboxylic acids is 1. The number of aromatic amines is 1. The SMILES string of the molecule is CNCCCC(N=Cc1cc(OP(=O)(O)O)ccc1O)C(CCCNC(=O)CCC(C(=O)O)N1Cc2cc(NCc3ccc4ccc5nc(C)[nH]c(=O)c5c4c3)ccc2C1=O)N=Cc1cc(OP(=O)(O)O)ccc1O.[Cu]. The van der Waals surface area contributed by atoms with Crippen molar-refractivity contribution in [2.45, 2.75) is 76.7 Å². The largest absolute Gasteiger partial charge is 0.524 e. The number of benzene rings is 5. The molecule has 76 heavy (non-hydrogen) atoms. The number of nitrogens with zero attached hydrogens (tertiary/aromatic N) is 4. The van der Waals surface area contributed by atoms with E-state index in [1.165, 1.54) is 35.5 Å². The average Bonchev–Trinajstić information content (AvgIpc) is 3.66. The fourth-order valence-corrected chi connectivity index (χ4v) is 9.46. The van der Waals surface area contributed by atoms with Crippen molar-refractivity contribution in [3.8, 4) is 23.0 Å². The van der Waals surface area contributed by atoms with Crippen molar-refractivity contribution in [1.29, 1.82) is 0 Å². The Morgan fingerprint density at radius 1 is 0.816 bits per heavy atom. The number of carbonyl (C=O) groups is 3. The molecule has 3 unspecified atom stereocenters. The van der Waals surface area contributed by atoms with Crippen molar-refractivity contribution in [3.05, 3.63) is 129 Å². The molecule has 1 radical (unpaired) electrons. The molecular formula is C50H56CuN8O15P2. The smallest absolute Gasteiger partial charge is 0.507 e. The van der Waals surface area contributed by atoms with Gasteiger partial charge in [-0.05, 0) is 141 Å². The van der Waals surface area contributed by atoms with Gasteiger partial charge in [-0.2, -0.15) is 0 Å². The number of hydrogen-bond donors (Lipinski definition) is 11. The second-order valence-corrected chi connectivity index (χ2v) is 20.1. The minimum absolute atomic E-state index is 0. The van der Waals surface area contributed by atoms with Crippen molar-refractivity contribution >= 4 is 73.2 Å². The molecule has 2 heterocycles. The quantitative estimate of drug-likeness (QED) is 0.0112. The summed E-state index contributed by atoms with van der Waals surface area (Å²) in [5.41, 5.74) is 3.00. The summed E-state index contributed by atoms with van der Waals surface area (Å²) >= 11 is 0. The van der Waals surface area contributed by atoms with Gasteiger partial charge in [0.2, 0.25) is 5.91 Å². The van der Waals surface area contributed by atoms with Crippen LogP contribution in [-0.4, -0.2) is 118 Å². The first-order valence-corrected chi connectivity index (χ1v) is 26.7. The Hall–Kier alpha value is -6.97. The van der Waals surface area contributed by atoms with Gasteiger partial charge >= 0.3 is 21.6 Å². The van der Waals surface area contributed by atoms with Crippen molar-refractivity contribution in [1.82, 2.24) is 25.5 Å². The minimum atomic E-state index is -4.95. The maximum atomic E-state index is 13.6. The topological polar surface area (TPSA) is 355 Å². The van der Waals surface area contributed by atoms with Gasteiger partial charge in [-0.3, -0.25) is 43.9 Å². The Kier molecular flexibility index (Phi) is 19.7. The maximum Gasteiger partial charge on any atom is 0.524 e. The fraction of sp³-hybridized carbons (Fsp3) is 0.300. The van der Waals surface area contributed by atoms with Gasteiger partial charge in [0.05, 0.1) is 23.0 Å². The number of phosphoric acid groups is 2. The van der Waals surface area contributed by atoms with Gasteiger partial charge in [0.1, 0.15) is 34.9 Å². The molecule has 2 amide bonds. The van der Waals surface area contributed by atoms with E-state index in [1.54, 1.807) is 32.2 Å². The Morgan fingerprint density at radius 3 is 2.01 bits per heavy atom. The van der Waals surface area contributed by atoms with Gasteiger partial charge in [-0.15, -0.1) is 0 Å². The zero-order valence-corrected chi connectivity index (χ0v) is 43.7. The number of anilines is 1. The number of aryl methyl sites for hydroxylation is 1. The van der Waals surface area contributed by atoms with Gasteiger partial charge in [-0.25, -0.2) is 18.9 Å². The zero-order chi connectivity index (χ0) is 54.0. The monoisotopic (exact) mass is 1130 g/mol. The van der Waals surface area contributed by atoms with E-state index in [-0.39, 0.29) is 89.1 Å². The molecule has 23 nitrogen and oxygen atoms in total. The Balaban J connectivity index is 0.00000937. The predicted octanol–water partition coefficient (Wildman–Crippen LogP) is 5.41. The third kappa shape index (κ3) is 15.8. The van der Waals surface area contributed by atoms with Crippen LogP contribution in [0.3, 0.4) is 0 Å². The van der Waals surface area contributed by atoms with Gasteiger partial charge in [0, 0.05) is 77.9 Å². The number of nitrogens with one attached hydrogen (secondary N) is 4. The number of aromatic nitrogens is 2. The number of carbonyl (C=O) groups excluding carboxylic acids is 2. The molecule has 407 valence electrons. The number of amides is 2. The van der Waals surface area contributed by atoms with Crippen molar-refractivity contribution in [2.24, 2.45) is 9.98 Å². The van der Waals surface area contributed by atoms with Gasteiger partial charge < -0.3 is 50.2 Å². The van der Waals surface area contributed by atoms with E-state index in [0.29, 0.717) is 65.9 Å². The van der Waals surface area contributed by atoms with Crippen LogP contribution in [0.25, 0.3) is 21.7 Å². The number of H-pyrrole nitrogens is 1. The number of carboxylic acids is 1. The number of hydrogen-bond acceptors (Lipinski definition) is 15. The van der Waals surface area contributed by atoms with Crippen LogP contribution < -0.4 is 30.6 Å². The van der Waals surface area contributed by atoms with E-state index in [2.05, 4.69) is 35.0 Å². The van der Waals surface area contributed by atoms with Crippen LogP contribution >= 0.6 is 15.6 Å². The van der Waals surface area contributed by atoms with E-state index >= 15 is 0 Å². The van der Waals surface area contributed by atoms with Crippen molar-refractivity contribution < 1.29 is 84.5 Å². The minimum Gasteiger partial charge on any atom is -0.507 e. The number of aromatic hydroxyl groups is 2. The first kappa shape index (κ1) is 58.3. The summed E-state index contributed by atoms with van der Waals surface area (Å²) in [6.07, 6.45) is 3.67. The second kappa shape index (κ2) is 25.7. The van der Waals surface area contributed by atoms with Crippen LogP contribution in [0.1, 0.15) is 77.0 Å². The molecule has 1 aliphatic heterocycles. The molecule has 26 heteroatoms. The van der Waals surface area contributed by atoms with Crippen molar-refractivity contribution in [2.75, 3.05) is 25.5 Å². The third-order valence-corrected chi connectivity index (χ3v) is 13.1. The summed E-state index contributed by atoms with van der Waals surface area (Å²) in [4.78, 5) is 108. The number of phenols is 2. The average molecular weight is 1130 g/mol. The number of rotatable bonds is 25. The molecule has 3 atom stereocenters. The number of aliphatic imine (C=N–C) groups is 2. The molecule has 7 rings (SSSR count). The van der Waals surface area contributed by atoms with Crippen LogP contribution in [-0.2, 0) is 48.9 Å². The Labute approximate surface area is 445 Å². The fourth-order valence-electron chi connectivity index (χ4n) is 8.68. The van der Waals surface area contributed by atoms with E-state index < -0.39 is 51.6 Å². The van der Waals surface area contributed by atoms with Crippen LogP contribution in [0.4, 0.5) is 5.69 Å². The normalized spacial score (nSPS) is 13.9. The molecule has 1 aliphatic rings. The summed E-state index contributed by atoms with van der Waals surface area (Å²) in [6, 6.07) is 19.0. The number of phosphoric ester groups is 2. The standard InChI is InChI=1S/C50H56N8O15P2.Cu/c1-29-56-42-14-9-31-8-7-30(21-39(31)47(42)48(62)57-29)25-53-35-10-13-38-34(22-35)28-58(49(38)63)43(50(64)65)15-18-46(61)52-20-4-6-41(55-27-33-24-37(12-17-45(33)60)73-75(69,70)71)40(5-3-19-51-2)54-26-32-23-36(11-16-44(32)59)72-74(66,67)68;/h7-14,16-17,21-24,26-27,40-41,43,51,53,59-60H,3-6,15,18-20,25,28H2,1-2H3,(H,52,61)(H,64,65)(H,56,57,62)(H2,66,67,68)(H2,69,70,71);. The molecule has 0 spiro atoms. The molecule has 0 bridgehead atoms. The van der Waals surface area contributed by atoms with E-state index in [9.17, 15) is 63.2 Å². The molecule has 11 N–H and O–H groups in total. The van der Waals surface area contributed by atoms with Crippen LogP contribution in [0.5, 0.6) is 23.0 Å². The molecule has 0 saturated heterocycles. The Morgan fingerprint density at radius 2 is 1.42 bits per heavy atom. The van der Waals surface area contributed by atoms with Crippen LogP contribution in [0.15, 0.2) is 99.7 Å². The summed E-state index contributed by atoms with van der Waals surface area (Å²) in [5.74, 6) is -2.76. The zero-order valence-electron chi connectivity index (χ0n) is 40.9. The summed E-state index contributed by atoms with van der Waals surface area (Å²) in [7, 11) is -8.13. The predicted molar refractivity (Wildman–Crippen MR) is 279 cm³/mol. The van der Waals surface area contributed by atoms with Gasteiger partial charge in [0.25, 0.3) is 11.5 Å². The molecule has 0 fully saturated rings. The Bertz CT molecular complexity index is 3330. The molecule has 1 aromatic heterocycles. The summed E-state index contributed by atoms with van der Waals surface area (Å²) in [6.45, 7) is 2.78. The van der Waals surface area contributed by atoms with Gasteiger partial charge in [-0.1, -0.05) is 18.2 Å². The molecular weight excluding hydrogens is 1080 g/mol. The molecule has 0 saturated carbocycles. The van der Waals surface area contributed by atoms with E-state index in [4.69, 9.17) is 9.98 Å². The van der Waals surface area contributed by atoms with Crippen LogP contribution in [0.2, 0.25) is 0 Å². The first-order valence-electron chi connectivity index (χ1n) is 23.6. The third-order valence-electron chi connectivity index (χ3n) is 12.2. The molecule has 5 aromatic carbocycles. The second-order valence-electron chi connectivity index (χ2n) is 17.8. The molecule has 0 aliphatic carbocycles. The first-order chi connectivity index (χ1) is 35.6. The summed E-state index contributed by atoms with van der Waals surface area (Å²) in [5, 5.41) is 42.8. The van der Waals surface area contributed by atoms with E-state index in [1.807, 2.05) is 30.3 Å². The maximum absolute atomic E-state index is 13.6. The molecule has 6 aromatic rings. The number of fused-ring (bicyclic) bond motifs is 4. The van der Waals surface area contributed by atoms with E-state index in [0.717, 1.165) is 34.5 Å². The number of phenolic OH excluding ortho intramolecular Hbond substituents is 2. The van der Waals surface area contributed by atoms with Gasteiger partial charge in [0.15, 0.2) is 0 Å². The summed E-state index contributed by atoms with van der Waals surface area (Å²) < 4.78 is 32.4. The number of carboxylic acid groups (broad SMARTS) is 1. The van der Waals surface area contributed by atoms with Crippen LogP contribution in [0, 0.1) is 6.92 Å². The van der Waals surface area contributed by atoms with Crippen molar-refractivity contribution in [3.63, 3.8) is 0 Å².